The number of rotatable bonds is 10. The second kappa shape index (κ2) is 11.2. The molecule has 0 amide bonds. The van der Waals surface area contributed by atoms with Gasteiger partial charge >= 0.3 is 0 Å². The average Bonchev–Trinajstić information content (AvgIpc) is 2.89. The molecule has 33 heavy (non-hydrogen) atoms. The molecule has 0 bridgehead atoms. The molecule has 0 saturated heterocycles. The maximum Gasteiger partial charge on any atom is 0.179 e. The van der Waals surface area contributed by atoms with Crippen LogP contribution in [-0.4, -0.2) is 21.2 Å². The van der Waals surface area contributed by atoms with Crippen molar-refractivity contribution in [2.24, 2.45) is 11.5 Å². The fourth-order valence-corrected chi connectivity index (χ4v) is 10.2. The molecular weight excluding hydrogens is 416 g/mol. The monoisotopic (exact) mass is 450 g/mol. The third kappa shape index (κ3) is 4.72. The van der Waals surface area contributed by atoms with Gasteiger partial charge in [0.1, 0.15) is 0 Å². The Labute approximate surface area is 199 Å². The van der Waals surface area contributed by atoms with Crippen LogP contribution in [0.15, 0.2) is 109 Å². The Hall–Kier alpha value is -2.98. The second-order valence-corrected chi connectivity index (χ2v) is 12.3. The minimum Gasteiger partial charge on any atom is -0.330 e. The second-order valence-electron chi connectivity index (χ2n) is 8.58. The molecule has 4 rings (SSSR count). The largest absolute Gasteiger partial charge is 0.330 e. The Morgan fingerprint density at radius 1 is 0.485 bits per heavy atom. The molecule has 4 aromatic carbocycles. The highest BCUT2D eigenvalue weighted by Crippen LogP contribution is 2.18. The molecule has 4 aromatic rings. The van der Waals surface area contributed by atoms with Gasteiger partial charge in [-0.2, -0.15) is 0 Å². The van der Waals surface area contributed by atoms with Gasteiger partial charge in [-0.15, -0.1) is 0 Å². The first-order chi connectivity index (χ1) is 16.3. The van der Waals surface area contributed by atoms with Crippen molar-refractivity contribution in [3.05, 3.63) is 120 Å². The predicted molar refractivity (Wildman–Crippen MR) is 145 cm³/mol. The number of hydrogen-bond donors (Lipinski definition) is 2. The lowest BCUT2D eigenvalue weighted by Crippen LogP contribution is -2.75. The predicted octanol–water partition coefficient (Wildman–Crippen LogP) is 2.85. The summed E-state index contributed by atoms with van der Waals surface area (Å²) in [5.41, 5.74) is 14.8. The van der Waals surface area contributed by atoms with E-state index in [9.17, 15) is 0 Å². The van der Waals surface area contributed by atoms with Gasteiger partial charge in [0, 0.05) is 0 Å². The highest BCUT2D eigenvalue weighted by molar-refractivity contribution is 7.20. The minimum absolute atomic E-state index is 0.696. The van der Waals surface area contributed by atoms with Crippen LogP contribution in [0, 0.1) is 0 Å². The molecule has 0 heterocycles. The van der Waals surface area contributed by atoms with Crippen LogP contribution in [0.4, 0.5) is 0 Å². The molecule has 0 unspecified atom stereocenters. The zero-order chi connectivity index (χ0) is 22.9. The fourth-order valence-electron chi connectivity index (χ4n) is 5.12. The van der Waals surface area contributed by atoms with Crippen LogP contribution in [0.5, 0.6) is 0 Å². The van der Waals surface area contributed by atoms with Crippen molar-refractivity contribution in [1.82, 2.24) is 0 Å². The zero-order valence-corrected chi connectivity index (χ0v) is 20.3. The number of hydrogen-bond acceptors (Lipinski definition) is 2. The molecule has 0 saturated carbocycles. The van der Waals surface area contributed by atoms with Crippen LogP contribution in [0.25, 0.3) is 0 Å². The van der Waals surface area contributed by atoms with Gasteiger partial charge in [-0.25, -0.2) is 0 Å². The lowest BCUT2D eigenvalue weighted by molar-refractivity contribution is 0.794. The van der Waals surface area contributed by atoms with Gasteiger partial charge in [-0.1, -0.05) is 109 Å². The highest BCUT2D eigenvalue weighted by atomic mass is 28.3. The van der Waals surface area contributed by atoms with E-state index < -0.39 is 8.07 Å². The van der Waals surface area contributed by atoms with E-state index in [2.05, 4.69) is 109 Å². The first-order valence-electron chi connectivity index (χ1n) is 12.0. The molecule has 0 fully saturated rings. The van der Waals surface area contributed by atoms with Crippen LogP contribution in [-0.2, 0) is 12.8 Å². The molecule has 3 heteroatoms. The van der Waals surface area contributed by atoms with Crippen molar-refractivity contribution in [2.75, 3.05) is 13.1 Å². The fraction of sp³-hybridized carbons (Fsp3) is 0.200. The van der Waals surface area contributed by atoms with E-state index in [0.29, 0.717) is 13.1 Å². The van der Waals surface area contributed by atoms with E-state index in [1.807, 2.05) is 0 Å². The van der Waals surface area contributed by atoms with Gasteiger partial charge in [-0.3, -0.25) is 0 Å². The van der Waals surface area contributed by atoms with Gasteiger partial charge in [-0.05, 0) is 70.6 Å². The third-order valence-electron chi connectivity index (χ3n) is 6.58. The smallest absolute Gasteiger partial charge is 0.179 e. The van der Waals surface area contributed by atoms with Gasteiger partial charge in [0.15, 0.2) is 8.07 Å². The van der Waals surface area contributed by atoms with Crippen molar-refractivity contribution in [3.8, 4) is 0 Å². The lowest BCUT2D eigenvalue weighted by atomic mass is 9.99. The van der Waals surface area contributed by atoms with Crippen LogP contribution in [0.2, 0.25) is 0 Å². The van der Waals surface area contributed by atoms with Crippen molar-refractivity contribution in [2.45, 2.75) is 25.7 Å². The first kappa shape index (κ1) is 23.2. The Morgan fingerprint density at radius 2 is 0.939 bits per heavy atom. The summed E-state index contributed by atoms with van der Waals surface area (Å²) in [7, 11) is -2.54. The van der Waals surface area contributed by atoms with Crippen molar-refractivity contribution < 1.29 is 0 Å². The quantitative estimate of drug-likeness (QED) is 0.288. The maximum absolute atomic E-state index is 6.01. The molecule has 2 nitrogen and oxygen atoms in total. The third-order valence-corrected chi connectivity index (χ3v) is 11.5. The maximum atomic E-state index is 6.01. The summed E-state index contributed by atoms with van der Waals surface area (Å²) in [6.45, 7) is 1.40. The van der Waals surface area contributed by atoms with Crippen LogP contribution >= 0.6 is 0 Å². The van der Waals surface area contributed by atoms with E-state index in [4.69, 9.17) is 11.5 Å². The average molecular weight is 451 g/mol. The SMILES string of the molecule is NCCCc1cccc([Si](c2ccccc2)(c2ccccc2)c2ccccc2)c1CCCN. The molecule has 0 spiro atoms. The van der Waals surface area contributed by atoms with Gasteiger partial charge in [0.2, 0.25) is 0 Å². The summed E-state index contributed by atoms with van der Waals surface area (Å²) in [6, 6.07) is 40.3. The van der Waals surface area contributed by atoms with E-state index in [1.165, 1.54) is 31.9 Å². The number of nitrogens with two attached hydrogens (primary N) is 2. The van der Waals surface area contributed by atoms with Crippen molar-refractivity contribution in [3.63, 3.8) is 0 Å². The summed E-state index contributed by atoms with van der Waals surface area (Å²) < 4.78 is 0. The molecule has 0 aromatic heterocycles. The molecule has 0 aliphatic heterocycles. The summed E-state index contributed by atoms with van der Waals surface area (Å²) in [5.74, 6) is 0. The van der Waals surface area contributed by atoms with Crippen LogP contribution in [0.3, 0.4) is 0 Å². The van der Waals surface area contributed by atoms with E-state index in [-0.39, 0.29) is 0 Å². The lowest BCUT2D eigenvalue weighted by Gasteiger charge is -2.36. The Morgan fingerprint density at radius 3 is 1.39 bits per heavy atom. The normalized spacial score (nSPS) is 11.5. The van der Waals surface area contributed by atoms with E-state index >= 15 is 0 Å². The molecular formula is C30H34N2Si. The minimum atomic E-state index is -2.54. The van der Waals surface area contributed by atoms with Gasteiger partial charge in [0.25, 0.3) is 0 Å². The summed E-state index contributed by atoms with van der Waals surface area (Å²) in [6.07, 6.45) is 3.98. The Balaban J connectivity index is 2.10. The number of benzene rings is 4. The van der Waals surface area contributed by atoms with Gasteiger partial charge in [0.05, 0.1) is 0 Å². The summed E-state index contributed by atoms with van der Waals surface area (Å²) >= 11 is 0. The zero-order valence-electron chi connectivity index (χ0n) is 19.3. The number of aryl methyl sites for hydroxylation is 1. The van der Waals surface area contributed by atoms with Crippen molar-refractivity contribution >= 4 is 28.8 Å². The van der Waals surface area contributed by atoms with Crippen LogP contribution < -0.4 is 32.2 Å². The molecule has 0 radical (unpaired) electrons. The first-order valence-corrected chi connectivity index (χ1v) is 14.0. The Bertz CT molecular complexity index is 1030. The molecule has 4 N–H and O–H groups in total. The Kier molecular flexibility index (Phi) is 7.90. The highest BCUT2D eigenvalue weighted by Gasteiger charge is 2.42. The summed E-state index contributed by atoms with van der Waals surface area (Å²) in [4.78, 5) is 0. The van der Waals surface area contributed by atoms with E-state index in [1.54, 1.807) is 0 Å². The van der Waals surface area contributed by atoms with Crippen LogP contribution in [0.1, 0.15) is 24.0 Å². The molecule has 0 aliphatic carbocycles. The topological polar surface area (TPSA) is 52.0 Å². The van der Waals surface area contributed by atoms with Crippen molar-refractivity contribution in [1.29, 1.82) is 0 Å². The molecule has 168 valence electrons. The standard InChI is InChI=1S/C30H34N2Si/c31-23-11-14-25-13-10-22-30(29(25)21-12-24-32)33(26-15-4-1-5-16-26,27-17-6-2-7-18-27)28-19-8-3-9-20-28/h1-10,13,15-20,22H,11-12,14,21,23-24,31-32H2. The summed E-state index contributed by atoms with van der Waals surface area (Å²) in [5, 5.41) is 5.71. The molecule has 0 atom stereocenters. The van der Waals surface area contributed by atoms with Gasteiger partial charge < -0.3 is 11.5 Å². The van der Waals surface area contributed by atoms with E-state index in [0.717, 1.165) is 25.7 Å². The molecule has 0 aliphatic rings.